The largest absolute Gasteiger partial charge is 0.378 e. The first-order chi connectivity index (χ1) is 9.79. The Morgan fingerprint density at radius 1 is 1.50 bits per heavy atom. The van der Waals surface area contributed by atoms with E-state index >= 15 is 0 Å². The minimum atomic E-state index is 0.410. The lowest BCUT2D eigenvalue weighted by Gasteiger charge is -2.35. The lowest BCUT2D eigenvalue weighted by molar-refractivity contribution is 0.115. The number of ether oxygens (including phenoxy) is 1. The average Bonchev–Trinajstić information content (AvgIpc) is 2.91. The van der Waals surface area contributed by atoms with Crippen LogP contribution >= 0.6 is 0 Å². The molecule has 0 aromatic carbocycles. The topological polar surface area (TPSA) is 34.1 Å². The standard InChI is InChI=1S/C17H26N2O/c1-3-18-17(14-10-12(2)20-11-14)15-8-4-6-13-7-5-9-19-16(13)15/h5,7,9,12,14-15,17-18H,3-4,6,8,10-11H2,1-2H3. The summed E-state index contributed by atoms with van der Waals surface area (Å²) in [6.07, 6.45) is 7.27. The van der Waals surface area contributed by atoms with E-state index in [0.717, 1.165) is 13.2 Å². The van der Waals surface area contributed by atoms with Crippen molar-refractivity contribution in [1.82, 2.24) is 10.3 Å². The molecule has 1 fully saturated rings. The van der Waals surface area contributed by atoms with Crippen molar-refractivity contribution >= 4 is 0 Å². The Bertz CT molecular complexity index is 448. The van der Waals surface area contributed by atoms with Crippen molar-refractivity contribution in [3.8, 4) is 0 Å². The zero-order valence-corrected chi connectivity index (χ0v) is 12.6. The third-order valence-corrected chi connectivity index (χ3v) is 4.85. The van der Waals surface area contributed by atoms with Crippen LogP contribution in [0.4, 0.5) is 0 Å². The molecule has 3 heteroatoms. The normalized spacial score (nSPS) is 31.0. The second kappa shape index (κ2) is 6.23. The Morgan fingerprint density at radius 3 is 3.15 bits per heavy atom. The quantitative estimate of drug-likeness (QED) is 0.916. The molecule has 1 saturated heterocycles. The molecule has 1 aliphatic carbocycles. The second-order valence-electron chi connectivity index (χ2n) is 6.27. The molecule has 4 unspecified atom stereocenters. The van der Waals surface area contributed by atoms with Gasteiger partial charge >= 0.3 is 0 Å². The summed E-state index contributed by atoms with van der Waals surface area (Å²) in [6, 6.07) is 4.84. The number of nitrogens with one attached hydrogen (secondary N) is 1. The van der Waals surface area contributed by atoms with Gasteiger partial charge in [-0.05, 0) is 50.8 Å². The number of hydrogen-bond donors (Lipinski definition) is 1. The lowest BCUT2D eigenvalue weighted by Crippen LogP contribution is -2.43. The first-order valence-corrected chi connectivity index (χ1v) is 8.08. The average molecular weight is 274 g/mol. The molecule has 2 aliphatic rings. The molecule has 2 heterocycles. The van der Waals surface area contributed by atoms with Crippen LogP contribution in [-0.2, 0) is 11.2 Å². The zero-order chi connectivity index (χ0) is 13.9. The van der Waals surface area contributed by atoms with Crippen molar-refractivity contribution < 1.29 is 4.74 Å². The first kappa shape index (κ1) is 14.0. The van der Waals surface area contributed by atoms with Gasteiger partial charge in [-0.3, -0.25) is 4.98 Å². The monoisotopic (exact) mass is 274 g/mol. The number of aryl methyl sites for hydroxylation is 1. The summed E-state index contributed by atoms with van der Waals surface area (Å²) in [5.41, 5.74) is 2.79. The Labute approximate surface area is 122 Å². The fraction of sp³-hybridized carbons (Fsp3) is 0.706. The van der Waals surface area contributed by atoms with E-state index in [2.05, 4.69) is 31.3 Å². The smallest absolute Gasteiger partial charge is 0.0551 e. The van der Waals surface area contributed by atoms with Crippen LogP contribution in [0, 0.1) is 5.92 Å². The highest BCUT2D eigenvalue weighted by Crippen LogP contribution is 2.37. The fourth-order valence-corrected chi connectivity index (χ4v) is 3.97. The number of hydrogen-bond acceptors (Lipinski definition) is 3. The van der Waals surface area contributed by atoms with Gasteiger partial charge in [0.25, 0.3) is 0 Å². The molecule has 0 radical (unpaired) electrons. The minimum absolute atomic E-state index is 0.410. The molecule has 0 amide bonds. The fourth-order valence-electron chi connectivity index (χ4n) is 3.97. The van der Waals surface area contributed by atoms with Crippen LogP contribution in [0.3, 0.4) is 0 Å². The van der Waals surface area contributed by atoms with Gasteiger partial charge in [0.2, 0.25) is 0 Å². The van der Waals surface area contributed by atoms with Crippen LogP contribution in [0.25, 0.3) is 0 Å². The molecular formula is C17H26N2O. The van der Waals surface area contributed by atoms with Gasteiger partial charge in [0, 0.05) is 29.8 Å². The SMILES string of the molecule is CCNC(C1COC(C)C1)C1CCCc2cccnc21. The van der Waals surface area contributed by atoms with Crippen LogP contribution in [0.5, 0.6) is 0 Å². The van der Waals surface area contributed by atoms with Crippen LogP contribution in [-0.4, -0.2) is 30.3 Å². The van der Waals surface area contributed by atoms with Crippen molar-refractivity contribution in [2.45, 2.75) is 57.6 Å². The summed E-state index contributed by atoms with van der Waals surface area (Å²) in [7, 11) is 0. The Kier molecular flexibility index (Phi) is 4.37. The molecule has 0 spiro atoms. The molecule has 3 rings (SSSR count). The Balaban J connectivity index is 1.85. The molecule has 0 saturated carbocycles. The van der Waals surface area contributed by atoms with Crippen LogP contribution in [0.2, 0.25) is 0 Å². The highest BCUT2D eigenvalue weighted by Gasteiger charge is 2.37. The predicted molar refractivity (Wildman–Crippen MR) is 80.9 cm³/mol. The van der Waals surface area contributed by atoms with Crippen LogP contribution in [0.1, 0.15) is 50.3 Å². The molecule has 1 aliphatic heterocycles. The minimum Gasteiger partial charge on any atom is -0.378 e. The third kappa shape index (κ3) is 2.75. The molecule has 0 bridgehead atoms. The summed E-state index contributed by atoms with van der Waals surface area (Å²) in [6.45, 7) is 6.32. The van der Waals surface area contributed by atoms with Gasteiger partial charge in [0.05, 0.1) is 12.7 Å². The third-order valence-electron chi connectivity index (χ3n) is 4.85. The number of nitrogens with zero attached hydrogens (tertiary/aromatic N) is 1. The highest BCUT2D eigenvalue weighted by molar-refractivity contribution is 5.27. The zero-order valence-electron chi connectivity index (χ0n) is 12.6. The van der Waals surface area contributed by atoms with E-state index in [4.69, 9.17) is 9.72 Å². The Hall–Kier alpha value is -0.930. The summed E-state index contributed by atoms with van der Waals surface area (Å²) in [5.74, 6) is 1.18. The second-order valence-corrected chi connectivity index (χ2v) is 6.27. The number of likely N-dealkylation sites (N-methyl/N-ethyl adjacent to an activating group) is 1. The van der Waals surface area contributed by atoms with E-state index in [1.165, 1.54) is 36.9 Å². The molecule has 1 N–H and O–H groups in total. The van der Waals surface area contributed by atoms with Crippen molar-refractivity contribution in [2.24, 2.45) is 5.92 Å². The molecule has 20 heavy (non-hydrogen) atoms. The summed E-state index contributed by atoms with van der Waals surface area (Å²) in [5, 5.41) is 3.74. The summed E-state index contributed by atoms with van der Waals surface area (Å²) >= 11 is 0. The maximum absolute atomic E-state index is 5.81. The predicted octanol–water partition coefficient (Wildman–Crippen LogP) is 2.90. The number of pyridine rings is 1. The van der Waals surface area contributed by atoms with Gasteiger partial charge in [-0.2, -0.15) is 0 Å². The molecule has 1 aromatic heterocycles. The van der Waals surface area contributed by atoms with Gasteiger partial charge in [-0.15, -0.1) is 0 Å². The van der Waals surface area contributed by atoms with Crippen LogP contribution < -0.4 is 5.32 Å². The van der Waals surface area contributed by atoms with E-state index in [9.17, 15) is 0 Å². The summed E-state index contributed by atoms with van der Waals surface area (Å²) < 4.78 is 5.81. The van der Waals surface area contributed by atoms with Gasteiger partial charge in [0.1, 0.15) is 0 Å². The number of rotatable bonds is 4. The van der Waals surface area contributed by atoms with Crippen molar-refractivity contribution in [3.05, 3.63) is 29.6 Å². The van der Waals surface area contributed by atoms with Crippen LogP contribution in [0.15, 0.2) is 18.3 Å². The van der Waals surface area contributed by atoms with E-state index in [1.54, 1.807) is 0 Å². The number of aromatic nitrogens is 1. The van der Waals surface area contributed by atoms with Gasteiger partial charge in [-0.25, -0.2) is 0 Å². The van der Waals surface area contributed by atoms with Gasteiger partial charge in [0.15, 0.2) is 0 Å². The van der Waals surface area contributed by atoms with Crippen molar-refractivity contribution in [3.63, 3.8) is 0 Å². The van der Waals surface area contributed by atoms with Gasteiger partial charge < -0.3 is 10.1 Å². The number of fused-ring (bicyclic) bond motifs is 1. The molecule has 1 aromatic rings. The molecule has 110 valence electrons. The van der Waals surface area contributed by atoms with E-state index < -0.39 is 0 Å². The van der Waals surface area contributed by atoms with E-state index in [0.29, 0.717) is 24.0 Å². The first-order valence-electron chi connectivity index (χ1n) is 8.08. The van der Waals surface area contributed by atoms with Crippen molar-refractivity contribution in [2.75, 3.05) is 13.2 Å². The highest BCUT2D eigenvalue weighted by atomic mass is 16.5. The lowest BCUT2D eigenvalue weighted by atomic mass is 9.77. The van der Waals surface area contributed by atoms with Gasteiger partial charge in [-0.1, -0.05) is 13.0 Å². The summed E-state index contributed by atoms with van der Waals surface area (Å²) in [4.78, 5) is 4.71. The molecule has 3 nitrogen and oxygen atoms in total. The van der Waals surface area contributed by atoms with E-state index in [1.807, 2.05) is 6.20 Å². The maximum Gasteiger partial charge on any atom is 0.0551 e. The molecular weight excluding hydrogens is 248 g/mol. The maximum atomic E-state index is 5.81. The van der Waals surface area contributed by atoms with Crippen molar-refractivity contribution in [1.29, 1.82) is 0 Å². The van der Waals surface area contributed by atoms with E-state index in [-0.39, 0.29) is 0 Å². The molecule has 4 atom stereocenters. The Morgan fingerprint density at radius 2 is 2.40 bits per heavy atom.